The molecule has 6 nitrogen and oxygen atoms in total. The van der Waals surface area contributed by atoms with Crippen LogP contribution in [-0.4, -0.2) is 29.9 Å². The van der Waals surface area contributed by atoms with Crippen molar-refractivity contribution in [3.8, 4) is 11.5 Å². The van der Waals surface area contributed by atoms with Gasteiger partial charge in [-0.2, -0.15) is 5.10 Å². The fourth-order valence-electron chi connectivity index (χ4n) is 1.89. The molecule has 1 aromatic carbocycles. The summed E-state index contributed by atoms with van der Waals surface area (Å²) in [4.78, 5) is 12.2. The van der Waals surface area contributed by atoms with Crippen LogP contribution >= 0.6 is 0 Å². The van der Waals surface area contributed by atoms with Crippen molar-refractivity contribution in [2.45, 2.75) is 6.92 Å². The number of rotatable bonds is 4. The third-order valence-corrected chi connectivity index (χ3v) is 2.89. The van der Waals surface area contributed by atoms with E-state index in [1.165, 1.54) is 7.11 Å². The van der Waals surface area contributed by atoms with Crippen LogP contribution in [0.2, 0.25) is 0 Å². The Labute approximate surface area is 117 Å². The summed E-state index contributed by atoms with van der Waals surface area (Å²) in [6.07, 6.45) is 0. The molecule has 0 aliphatic rings. The molecule has 0 saturated heterocycles. The summed E-state index contributed by atoms with van der Waals surface area (Å²) in [6.45, 7) is 1.87. The van der Waals surface area contributed by atoms with Gasteiger partial charge in [0.05, 0.1) is 19.9 Å². The molecule has 1 heterocycles. The van der Waals surface area contributed by atoms with Gasteiger partial charge in [-0.25, -0.2) is 0 Å². The topological polar surface area (TPSA) is 65.4 Å². The van der Waals surface area contributed by atoms with E-state index in [1.807, 2.05) is 6.92 Å². The number of nitrogens with zero attached hydrogens (tertiary/aromatic N) is 2. The number of nitrogens with one attached hydrogen (secondary N) is 1. The van der Waals surface area contributed by atoms with Gasteiger partial charge in [0.15, 0.2) is 11.5 Å². The molecule has 0 aliphatic carbocycles. The second kappa shape index (κ2) is 5.64. The van der Waals surface area contributed by atoms with Gasteiger partial charge >= 0.3 is 0 Å². The lowest BCUT2D eigenvalue weighted by Crippen LogP contribution is -2.14. The second-order valence-corrected chi connectivity index (χ2v) is 4.32. The SMILES string of the molecule is COc1ccc(C(=O)Nc2cc(C)nn2C)cc1OC. The predicted molar refractivity (Wildman–Crippen MR) is 75.4 cm³/mol. The molecule has 1 aromatic heterocycles. The summed E-state index contributed by atoms with van der Waals surface area (Å²) >= 11 is 0. The van der Waals surface area contributed by atoms with E-state index in [9.17, 15) is 4.79 Å². The van der Waals surface area contributed by atoms with Crippen LogP contribution in [0.4, 0.5) is 5.82 Å². The van der Waals surface area contributed by atoms with Gasteiger partial charge in [0.1, 0.15) is 5.82 Å². The average Bonchev–Trinajstić information content (AvgIpc) is 2.75. The second-order valence-electron chi connectivity index (χ2n) is 4.32. The van der Waals surface area contributed by atoms with Gasteiger partial charge < -0.3 is 14.8 Å². The number of hydrogen-bond donors (Lipinski definition) is 1. The summed E-state index contributed by atoms with van der Waals surface area (Å²) in [6, 6.07) is 6.82. The fraction of sp³-hybridized carbons (Fsp3) is 0.286. The average molecular weight is 275 g/mol. The largest absolute Gasteiger partial charge is 0.493 e. The zero-order valence-corrected chi connectivity index (χ0v) is 11.9. The van der Waals surface area contributed by atoms with Crippen LogP contribution in [0.5, 0.6) is 11.5 Å². The third kappa shape index (κ3) is 2.74. The Morgan fingerprint density at radius 2 is 1.90 bits per heavy atom. The first-order chi connectivity index (χ1) is 9.55. The molecule has 106 valence electrons. The van der Waals surface area contributed by atoms with Crippen molar-refractivity contribution in [1.29, 1.82) is 0 Å². The minimum absolute atomic E-state index is 0.228. The number of aryl methyl sites for hydroxylation is 2. The molecule has 1 amide bonds. The Hall–Kier alpha value is -2.50. The summed E-state index contributed by atoms with van der Waals surface area (Å²) < 4.78 is 11.9. The van der Waals surface area contributed by atoms with Crippen molar-refractivity contribution in [1.82, 2.24) is 9.78 Å². The number of aromatic nitrogens is 2. The maximum Gasteiger partial charge on any atom is 0.256 e. The number of methoxy groups -OCH3 is 2. The lowest BCUT2D eigenvalue weighted by atomic mass is 10.2. The summed E-state index contributed by atoms with van der Waals surface area (Å²) in [5, 5.41) is 6.98. The first kappa shape index (κ1) is 13.9. The normalized spacial score (nSPS) is 10.2. The van der Waals surface area contributed by atoms with Gasteiger partial charge in [0, 0.05) is 18.7 Å². The van der Waals surface area contributed by atoms with Crippen LogP contribution in [0.3, 0.4) is 0 Å². The lowest BCUT2D eigenvalue weighted by molar-refractivity contribution is 0.102. The molecule has 0 aliphatic heterocycles. The quantitative estimate of drug-likeness (QED) is 0.926. The molecule has 20 heavy (non-hydrogen) atoms. The van der Waals surface area contributed by atoms with Crippen molar-refractivity contribution in [3.05, 3.63) is 35.5 Å². The van der Waals surface area contributed by atoms with Gasteiger partial charge in [0.2, 0.25) is 0 Å². The number of amides is 1. The van der Waals surface area contributed by atoms with E-state index in [4.69, 9.17) is 9.47 Å². The first-order valence-electron chi connectivity index (χ1n) is 6.09. The third-order valence-electron chi connectivity index (χ3n) is 2.89. The van der Waals surface area contributed by atoms with Crippen molar-refractivity contribution in [2.75, 3.05) is 19.5 Å². The molecule has 0 unspecified atom stereocenters. The van der Waals surface area contributed by atoms with E-state index in [1.54, 1.807) is 43.1 Å². The molecule has 1 N–H and O–H groups in total. The van der Waals surface area contributed by atoms with Gasteiger partial charge in [-0.3, -0.25) is 9.48 Å². The van der Waals surface area contributed by atoms with Crippen LogP contribution in [-0.2, 0) is 7.05 Å². The van der Waals surface area contributed by atoms with Crippen molar-refractivity contribution in [2.24, 2.45) is 7.05 Å². The lowest BCUT2D eigenvalue weighted by Gasteiger charge is -2.10. The highest BCUT2D eigenvalue weighted by molar-refractivity contribution is 6.04. The number of ether oxygens (including phenoxy) is 2. The maximum atomic E-state index is 12.2. The molecular weight excluding hydrogens is 258 g/mol. The van der Waals surface area contributed by atoms with E-state index in [0.29, 0.717) is 22.9 Å². The molecule has 0 radical (unpaired) electrons. The molecule has 0 atom stereocenters. The van der Waals surface area contributed by atoms with Gasteiger partial charge in [-0.15, -0.1) is 0 Å². The van der Waals surface area contributed by atoms with E-state index in [2.05, 4.69) is 10.4 Å². The van der Waals surface area contributed by atoms with Crippen molar-refractivity contribution < 1.29 is 14.3 Å². The van der Waals surface area contributed by atoms with Crippen LogP contribution in [0.15, 0.2) is 24.3 Å². The molecule has 0 spiro atoms. The molecule has 6 heteroatoms. The molecular formula is C14H17N3O3. The Morgan fingerprint density at radius 1 is 1.20 bits per heavy atom. The van der Waals surface area contributed by atoms with Crippen LogP contribution in [0.25, 0.3) is 0 Å². The standard InChI is InChI=1S/C14H17N3O3/c1-9-7-13(17(2)16-9)15-14(18)10-5-6-11(19-3)12(8-10)20-4/h5-8H,1-4H3,(H,15,18). The number of hydrogen-bond acceptors (Lipinski definition) is 4. The summed E-state index contributed by atoms with van der Waals surface area (Å²) in [7, 11) is 4.86. The predicted octanol–water partition coefficient (Wildman–Crippen LogP) is 2.00. The van der Waals surface area contributed by atoms with Crippen LogP contribution < -0.4 is 14.8 Å². The van der Waals surface area contributed by atoms with E-state index in [-0.39, 0.29) is 5.91 Å². The Balaban J connectivity index is 2.23. The van der Waals surface area contributed by atoms with Gasteiger partial charge in [-0.05, 0) is 25.1 Å². The summed E-state index contributed by atoms with van der Waals surface area (Å²) in [5.74, 6) is 1.51. The van der Waals surface area contributed by atoms with Crippen molar-refractivity contribution >= 4 is 11.7 Å². The van der Waals surface area contributed by atoms with Gasteiger partial charge in [-0.1, -0.05) is 0 Å². The fourth-order valence-corrected chi connectivity index (χ4v) is 1.89. The van der Waals surface area contributed by atoms with E-state index >= 15 is 0 Å². The smallest absolute Gasteiger partial charge is 0.256 e. The molecule has 0 fully saturated rings. The Kier molecular flexibility index (Phi) is 3.93. The highest BCUT2D eigenvalue weighted by atomic mass is 16.5. The van der Waals surface area contributed by atoms with Crippen molar-refractivity contribution in [3.63, 3.8) is 0 Å². The first-order valence-corrected chi connectivity index (χ1v) is 6.09. The number of carbonyl (C=O) groups is 1. The molecule has 0 saturated carbocycles. The minimum Gasteiger partial charge on any atom is -0.493 e. The number of benzene rings is 1. The Bertz CT molecular complexity index is 635. The molecule has 2 aromatic rings. The summed E-state index contributed by atoms with van der Waals surface area (Å²) in [5.41, 5.74) is 1.33. The molecule has 0 bridgehead atoms. The zero-order valence-electron chi connectivity index (χ0n) is 11.9. The number of carbonyl (C=O) groups excluding carboxylic acids is 1. The van der Waals surface area contributed by atoms with E-state index < -0.39 is 0 Å². The van der Waals surface area contributed by atoms with Crippen LogP contribution in [0.1, 0.15) is 16.1 Å². The number of anilines is 1. The minimum atomic E-state index is -0.228. The maximum absolute atomic E-state index is 12.2. The van der Waals surface area contributed by atoms with E-state index in [0.717, 1.165) is 5.69 Å². The molecule has 2 rings (SSSR count). The highest BCUT2D eigenvalue weighted by Gasteiger charge is 2.12. The van der Waals surface area contributed by atoms with Crippen LogP contribution in [0, 0.1) is 6.92 Å². The monoisotopic (exact) mass is 275 g/mol. The van der Waals surface area contributed by atoms with Gasteiger partial charge in [0.25, 0.3) is 5.91 Å². The zero-order chi connectivity index (χ0) is 14.7. The highest BCUT2D eigenvalue weighted by Crippen LogP contribution is 2.27. The Morgan fingerprint density at radius 3 is 2.45 bits per heavy atom.